The summed E-state index contributed by atoms with van der Waals surface area (Å²) in [6, 6.07) is 10.4. The summed E-state index contributed by atoms with van der Waals surface area (Å²) >= 11 is 1.50. The van der Waals surface area contributed by atoms with Gasteiger partial charge < -0.3 is 9.88 Å². The van der Waals surface area contributed by atoms with E-state index >= 15 is 0 Å². The minimum absolute atomic E-state index is 0.0625. The summed E-state index contributed by atoms with van der Waals surface area (Å²) < 4.78 is 2.19. The fourth-order valence-electron chi connectivity index (χ4n) is 3.60. The highest BCUT2D eigenvalue weighted by atomic mass is 32.2. The summed E-state index contributed by atoms with van der Waals surface area (Å²) in [5.74, 6) is 1.63. The van der Waals surface area contributed by atoms with E-state index in [2.05, 4.69) is 63.1 Å². The standard InChI is InChI=1S/C23H35N5OS/c1-18(2)12-13-24-22(29)19(3)30-23-26-25-21(17-27-14-8-5-9-15-27)28(23)16-20-10-6-4-7-11-20/h4,6-7,10-11,18-19H,5,8-9,12-17H2,1-3H3,(H,24,29). The first-order valence-electron chi connectivity index (χ1n) is 11.2. The van der Waals surface area contributed by atoms with E-state index in [1.54, 1.807) is 0 Å². The van der Waals surface area contributed by atoms with Gasteiger partial charge in [0.25, 0.3) is 0 Å². The van der Waals surface area contributed by atoms with Crippen LogP contribution in [0.25, 0.3) is 0 Å². The first-order chi connectivity index (χ1) is 14.5. The predicted molar refractivity (Wildman–Crippen MR) is 122 cm³/mol. The van der Waals surface area contributed by atoms with Gasteiger partial charge in [0, 0.05) is 6.54 Å². The number of thioether (sulfide) groups is 1. The molecule has 1 fully saturated rings. The van der Waals surface area contributed by atoms with E-state index in [0.717, 1.165) is 50.1 Å². The number of carbonyl (C=O) groups excluding carboxylic acids is 1. The van der Waals surface area contributed by atoms with Crippen LogP contribution in [0, 0.1) is 5.92 Å². The van der Waals surface area contributed by atoms with Crippen molar-refractivity contribution in [2.45, 2.75) is 70.0 Å². The lowest BCUT2D eigenvalue weighted by Crippen LogP contribution is -2.32. The Morgan fingerprint density at radius 2 is 1.80 bits per heavy atom. The molecule has 1 aromatic heterocycles. The van der Waals surface area contributed by atoms with E-state index in [4.69, 9.17) is 0 Å². The molecule has 1 aliphatic rings. The monoisotopic (exact) mass is 429 g/mol. The van der Waals surface area contributed by atoms with Crippen LogP contribution in [0.5, 0.6) is 0 Å². The van der Waals surface area contributed by atoms with Crippen LogP contribution < -0.4 is 5.32 Å². The number of aromatic nitrogens is 3. The van der Waals surface area contributed by atoms with Crippen LogP contribution in [0.4, 0.5) is 0 Å². The molecule has 0 spiro atoms. The molecule has 3 rings (SSSR count). The summed E-state index contributed by atoms with van der Waals surface area (Å²) in [6.07, 6.45) is 4.81. The van der Waals surface area contributed by atoms with Gasteiger partial charge in [-0.15, -0.1) is 10.2 Å². The lowest BCUT2D eigenvalue weighted by atomic mass is 10.1. The average Bonchev–Trinajstić information content (AvgIpc) is 3.10. The Morgan fingerprint density at radius 1 is 1.07 bits per heavy atom. The lowest BCUT2D eigenvalue weighted by Gasteiger charge is -2.26. The summed E-state index contributed by atoms with van der Waals surface area (Å²) in [5, 5.41) is 12.7. The van der Waals surface area contributed by atoms with E-state index in [9.17, 15) is 4.79 Å². The van der Waals surface area contributed by atoms with Crippen LogP contribution in [-0.2, 0) is 17.9 Å². The Kier molecular flexibility index (Phi) is 8.75. The highest BCUT2D eigenvalue weighted by Gasteiger charge is 2.22. The van der Waals surface area contributed by atoms with Gasteiger partial charge in [-0.25, -0.2) is 0 Å². The van der Waals surface area contributed by atoms with Gasteiger partial charge in [0.1, 0.15) is 5.82 Å². The second kappa shape index (κ2) is 11.5. The molecule has 0 bridgehead atoms. The predicted octanol–water partition coefficient (Wildman–Crippen LogP) is 3.96. The number of benzene rings is 1. The van der Waals surface area contributed by atoms with E-state index in [1.165, 1.54) is 36.6 Å². The second-order valence-corrected chi connectivity index (χ2v) is 9.85. The first kappa shape index (κ1) is 22.8. The zero-order valence-electron chi connectivity index (χ0n) is 18.5. The number of likely N-dealkylation sites (tertiary alicyclic amines) is 1. The van der Waals surface area contributed by atoms with Gasteiger partial charge >= 0.3 is 0 Å². The van der Waals surface area contributed by atoms with E-state index in [0.29, 0.717) is 5.92 Å². The van der Waals surface area contributed by atoms with Crippen molar-refractivity contribution in [3.63, 3.8) is 0 Å². The summed E-state index contributed by atoms with van der Waals surface area (Å²) in [4.78, 5) is 15.0. The largest absolute Gasteiger partial charge is 0.355 e. The third kappa shape index (κ3) is 6.84. The van der Waals surface area contributed by atoms with Gasteiger partial charge in [-0.05, 0) is 50.8 Å². The number of hydrogen-bond acceptors (Lipinski definition) is 5. The Morgan fingerprint density at radius 3 is 2.50 bits per heavy atom. The molecule has 1 saturated heterocycles. The van der Waals surface area contributed by atoms with Crippen LogP contribution in [0.1, 0.15) is 57.8 Å². The molecule has 0 radical (unpaired) electrons. The molecular formula is C23H35N5OS. The maximum absolute atomic E-state index is 12.5. The molecule has 6 nitrogen and oxygen atoms in total. The van der Waals surface area contributed by atoms with Crippen LogP contribution in [0.2, 0.25) is 0 Å². The minimum atomic E-state index is -0.210. The van der Waals surface area contributed by atoms with Crippen LogP contribution in [0.15, 0.2) is 35.5 Å². The maximum Gasteiger partial charge on any atom is 0.233 e. The van der Waals surface area contributed by atoms with Gasteiger partial charge in [-0.2, -0.15) is 0 Å². The van der Waals surface area contributed by atoms with E-state index < -0.39 is 0 Å². The molecule has 1 unspecified atom stereocenters. The zero-order chi connectivity index (χ0) is 21.3. The fourth-order valence-corrected chi connectivity index (χ4v) is 4.50. The van der Waals surface area contributed by atoms with Crippen LogP contribution in [-0.4, -0.2) is 50.5 Å². The van der Waals surface area contributed by atoms with Crippen molar-refractivity contribution in [2.75, 3.05) is 19.6 Å². The van der Waals surface area contributed by atoms with Gasteiger partial charge in [-0.3, -0.25) is 9.69 Å². The topological polar surface area (TPSA) is 63.1 Å². The van der Waals surface area contributed by atoms with Crippen molar-refractivity contribution in [1.29, 1.82) is 0 Å². The number of rotatable bonds is 10. The number of nitrogens with zero attached hydrogens (tertiary/aromatic N) is 4. The second-order valence-electron chi connectivity index (χ2n) is 8.54. The Labute approximate surface area is 184 Å². The number of piperidine rings is 1. The fraction of sp³-hybridized carbons (Fsp3) is 0.609. The van der Waals surface area contributed by atoms with Crippen molar-refractivity contribution >= 4 is 17.7 Å². The van der Waals surface area contributed by atoms with Gasteiger partial charge in [0.05, 0.1) is 18.3 Å². The number of hydrogen-bond donors (Lipinski definition) is 1. The molecule has 1 N–H and O–H groups in total. The molecule has 1 aromatic carbocycles. The highest BCUT2D eigenvalue weighted by Crippen LogP contribution is 2.24. The molecule has 2 aromatic rings. The van der Waals surface area contributed by atoms with Gasteiger partial charge in [-0.1, -0.05) is 62.4 Å². The molecule has 0 saturated carbocycles. The Bertz CT molecular complexity index is 786. The molecule has 1 aliphatic heterocycles. The summed E-state index contributed by atoms with van der Waals surface area (Å²) in [6.45, 7) is 10.8. The van der Waals surface area contributed by atoms with E-state index in [1.807, 2.05) is 13.0 Å². The smallest absolute Gasteiger partial charge is 0.233 e. The number of carbonyl (C=O) groups is 1. The van der Waals surface area contributed by atoms with Crippen molar-refractivity contribution < 1.29 is 4.79 Å². The molecule has 7 heteroatoms. The Hall–Kier alpha value is -1.86. The molecule has 2 heterocycles. The lowest BCUT2D eigenvalue weighted by molar-refractivity contribution is -0.120. The Balaban J connectivity index is 1.71. The van der Waals surface area contributed by atoms with E-state index in [-0.39, 0.29) is 11.2 Å². The first-order valence-corrected chi connectivity index (χ1v) is 12.0. The van der Waals surface area contributed by atoms with Crippen LogP contribution in [0.3, 0.4) is 0 Å². The van der Waals surface area contributed by atoms with Crippen molar-refractivity contribution in [2.24, 2.45) is 5.92 Å². The SMILES string of the molecule is CC(C)CCNC(=O)C(C)Sc1nnc(CN2CCCCC2)n1Cc1ccccc1. The number of amides is 1. The molecule has 30 heavy (non-hydrogen) atoms. The summed E-state index contributed by atoms with van der Waals surface area (Å²) in [5.41, 5.74) is 1.22. The maximum atomic E-state index is 12.5. The molecule has 164 valence electrons. The van der Waals surface area contributed by atoms with Gasteiger partial charge in [0.15, 0.2) is 5.16 Å². The quantitative estimate of drug-likeness (QED) is 0.579. The van der Waals surface area contributed by atoms with Crippen molar-refractivity contribution in [1.82, 2.24) is 25.0 Å². The number of nitrogens with one attached hydrogen (secondary N) is 1. The third-order valence-electron chi connectivity index (χ3n) is 5.46. The van der Waals surface area contributed by atoms with Crippen molar-refractivity contribution in [3.8, 4) is 0 Å². The zero-order valence-corrected chi connectivity index (χ0v) is 19.3. The molecule has 0 aliphatic carbocycles. The molecule has 1 atom stereocenters. The van der Waals surface area contributed by atoms with Gasteiger partial charge in [0.2, 0.25) is 5.91 Å². The minimum Gasteiger partial charge on any atom is -0.355 e. The van der Waals surface area contributed by atoms with Crippen molar-refractivity contribution in [3.05, 3.63) is 41.7 Å². The van der Waals surface area contributed by atoms with Crippen LogP contribution >= 0.6 is 11.8 Å². The molecule has 1 amide bonds. The highest BCUT2D eigenvalue weighted by molar-refractivity contribution is 8.00. The third-order valence-corrected chi connectivity index (χ3v) is 6.54. The normalized spacial score (nSPS) is 16.0. The average molecular weight is 430 g/mol. The molecular weight excluding hydrogens is 394 g/mol. The summed E-state index contributed by atoms with van der Waals surface area (Å²) in [7, 11) is 0.